The van der Waals surface area contributed by atoms with Crippen molar-refractivity contribution in [1.29, 1.82) is 0 Å². The summed E-state index contributed by atoms with van der Waals surface area (Å²) < 4.78 is 52.5. The Kier molecular flexibility index (Phi) is 6.08. The van der Waals surface area contributed by atoms with Crippen LogP contribution in [0.2, 0.25) is 0 Å². The summed E-state index contributed by atoms with van der Waals surface area (Å²) >= 11 is 0. The molecule has 0 atom stereocenters. The van der Waals surface area contributed by atoms with Crippen molar-refractivity contribution in [3.05, 3.63) is 65.2 Å². The second-order valence-corrected chi connectivity index (χ2v) is 7.21. The van der Waals surface area contributed by atoms with E-state index >= 15 is 0 Å². The monoisotopic (exact) mass is 378 g/mol. The summed E-state index contributed by atoms with van der Waals surface area (Å²) in [5.41, 5.74) is 1.10. The number of carbonyl (C=O) groups excluding carboxylic acids is 1. The summed E-state index contributed by atoms with van der Waals surface area (Å²) in [4.78, 5) is 12.6. The lowest BCUT2D eigenvalue weighted by Crippen LogP contribution is -2.25. The predicted octanol–water partition coefficient (Wildman–Crippen LogP) is 2.00. The molecule has 0 aliphatic rings. The molecule has 0 spiro atoms. The van der Waals surface area contributed by atoms with Gasteiger partial charge < -0.3 is 4.90 Å². The molecular weight excluding hydrogens is 362 g/mol. The molecule has 26 heavy (non-hydrogen) atoms. The number of hydrogen-bond donors (Lipinski definition) is 1. The normalized spacial score (nSPS) is 10.8. The van der Waals surface area contributed by atoms with Crippen molar-refractivity contribution < 1.29 is 22.0 Å². The van der Waals surface area contributed by atoms with Gasteiger partial charge in [-0.1, -0.05) is 11.8 Å². The van der Waals surface area contributed by atoms with Gasteiger partial charge >= 0.3 is 0 Å². The highest BCUT2D eigenvalue weighted by Crippen LogP contribution is 2.14. The third-order valence-electron chi connectivity index (χ3n) is 3.30. The van der Waals surface area contributed by atoms with Crippen LogP contribution in [0.15, 0.2) is 47.4 Å². The van der Waals surface area contributed by atoms with Crippen molar-refractivity contribution in [2.45, 2.75) is 4.90 Å². The SMILES string of the molecule is CN(C)C(=O)c1ccc(C#CCNS(=O)(=O)c2ccc(F)cc2F)cc1. The van der Waals surface area contributed by atoms with E-state index in [-0.39, 0.29) is 12.5 Å². The molecule has 0 saturated carbocycles. The molecule has 0 bridgehead atoms. The van der Waals surface area contributed by atoms with E-state index in [9.17, 15) is 22.0 Å². The molecule has 5 nitrogen and oxygen atoms in total. The molecule has 0 aliphatic carbocycles. The van der Waals surface area contributed by atoms with Crippen molar-refractivity contribution in [2.24, 2.45) is 0 Å². The van der Waals surface area contributed by atoms with Gasteiger partial charge in [-0.25, -0.2) is 17.2 Å². The molecular formula is C18H16F2N2O3S. The molecule has 0 saturated heterocycles. The molecule has 0 aromatic heterocycles. The molecule has 0 aliphatic heterocycles. The predicted molar refractivity (Wildman–Crippen MR) is 92.9 cm³/mol. The van der Waals surface area contributed by atoms with E-state index in [4.69, 9.17) is 0 Å². The molecule has 2 aromatic carbocycles. The minimum Gasteiger partial charge on any atom is -0.345 e. The molecule has 136 valence electrons. The van der Waals surface area contributed by atoms with E-state index in [2.05, 4.69) is 16.6 Å². The number of carbonyl (C=O) groups is 1. The van der Waals surface area contributed by atoms with Crippen molar-refractivity contribution in [2.75, 3.05) is 20.6 Å². The fourth-order valence-electron chi connectivity index (χ4n) is 2.00. The van der Waals surface area contributed by atoms with E-state index in [0.29, 0.717) is 17.2 Å². The molecule has 2 aromatic rings. The first-order chi connectivity index (χ1) is 12.2. The fraction of sp³-hybridized carbons (Fsp3) is 0.167. The Bertz CT molecular complexity index is 976. The van der Waals surface area contributed by atoms with Gasteiger partial charge in [-0.2, -0.15) is 4.72 Å². The number of nitrogens with one attached hydrogen (secondary N) is 1. The van der Waals surface area contributed by atoms with Crippen LogP contribution in [0, 0.1) is 23.5 Å². The third-order valence-corrected chi connectivity index (χ3v) is 4.74. The Hall–Kier alpha value is -2.76. The molecule has 2 rings (SSSR count). The van der Waals surface area contributed by atoms with Gasteiger partial charge in [0.2, 0.25) is 10.0 Å². The first-order valence-electron chi connectivity index (χ1n) is 7.46. The number of rotatable bonds is 4. The van der Waals surface area contributed by atoms with Crippen molar-refractivity contribution >= 4 is 15.9 Å². The highest BCUT2D eigenvalue weighted by atomic mass is 32.2. The largest absolute Gasteiger partial charge is 0.345 e. The number of hydrogen-bond acceptors (Lipinski definition) is 3. The van der Waals surface area contributed by atoms with Crippen LogP contribution in [0.1, 0.15) is 15.9 Å². The van der Waals surface area contributed by atoms with Crippen LogP contribution in [0.3, 0.4) is 0 Å². The first kappa shape index (κ1) is 19.6. The quantitative estimate of drug-likeness (QED) is 0.828. The maximum atomic E-state index is 13.6. The molecule has 1 N–H and O–H groups in total. The van der Waals surface area contributed by atoms with E-state index in [1.807, 2.05) is 0 Å². The Morgan fingerprint density at radius 1 is 1.12 bits per heavy atom. The number of nitrogens with zero attached hydrogens (tertiary/aromatic N) is 1. The van der Waals surface area contributed by atoms with E-state index in [1.54, 1.807) is 38.4 Å². The van der Waals surface area contributed by atoms with Gasteiger partial charge in [-0.3, -0.25) is 4.79 Å². The summed E-state index contributed by atoms with van der Waals surface area (Å²) in [6.07, 6.45) is 0. The summed E-state index contributed by atoms with van der Waals surface area (Å²) in [6, 6.07) is 8.71. The number of halogens is 2. The lowest BCUT2D eigenvalue weighted by atomic mass is 10.1. The maximum absolute atomic E-state index is 13.6. The Balaban J connectivity index is 2.03. The Labute approximate surface area is 150 Å². The highest BCUT2D eigenvalue weighted by molar-refractivity contribution is 7.89. The first-order valence-corrected chi connectivity index (χ1v) is 8.94. The summed E-state index contributed by atoms with van der Waals surface area (Å²) in [7, 11) is -0.844. The van der Waals surface area contributed by atoms with Crippen LogP contribution in [-0.2, 0) is 10.0 Å². The minimum atomic E-state index is -4.13. The smallest absolute Gasteiger partial charge is 0.253 e. The second-order valence-electron chi connectivity index (χ2n) is 5.48. The zero-order chi connectivity index (χ0) is 19.3. The second kappa shape index (κ2) is 8.08. The standard InChI is InChI=1S/C18H16F2N2O3S/c1-22(2)18(23)14-7-5-13(6-8-14)4-3-11-21-26(24,25)17-10-9-15(19)12-16(17)20/h5-10,12,21H,11H2,1-2H3. The van der Waals surface area contributed by atoms with Gasteiger partial charge in [-0.15, -0.1) is 0 Å². The Morgan fingerprint density at radius 3 is 2.35 bits per heavy atom. The molecule has 0 fully saturated rings. The van der Waals surface area contributed by atoms with Gasteiger partial charge in [-0.05, 0) is 36.4 Å². The number of benzene rings is 2. The average Bonchev–Trinajstić information content (AvgIpc) is 2.58. The van der Waals surface area contributed by atoms with E-state index in [0.717, 1.165) is 12.1 Å². The van der Waals surface area contributed by atoms with Gasteiger partial charge in [0.1, 0.15) is 16.5 Å². The number of amides is 1. The van der Waals surface area contributed by atoms with Crippen LogP contribution in [0.25, 0.3) is 0 Å². The van der Waals surface area contributed by atoms with Crippen molar-refractivity contribution in [3.8, 4) is 11.8 Å². The highest BCUT2D eigenvalue weighted by Gasteiger charge is 2.18. The zero-order valence-electron chi connectivity index (χ0n) is 14.1. The van der Waals surface area contributed by atoms with E-state index < -0.39 is 26.6 Å². The summed E-state index contributed by atoms with van der Waals surface area (Å²) in [5, 5.41) is 0. The Morgan fingerprint density at radius 2 is 1.77 bits per heavy atom. The molecule has 1 amide bonds. The van der Waals surface area contributed by atoms with Gasteiger partial charge in [0.05, 0.1) is 6.54 Å². The lowest BCUT2D eigenvalue weighted by molar-refractivity contribution is 0.0827. The lowest BCUT2D eigenvalue weighted by Gasteiger charge is -2.09. The zero-order valence-corrected chi connectivity index (χ0v) is 14.9. The maximum Gasteiger partial charge on any atom is 0.253 e. The topological polar surface area (TPSA) is 66.5 Å². The van der Waals surface area contributed by atoms with E-state index in [1.165, 1.54) is 4.90 Å². The van der Waals surface area contributed by atoms with Crippen LogP contribution >= 0.6 is 0 Å². The average molecular weight is 378 g/mol. The summed E-state index contributed by atoms with van der Waals surface area (Å²) in [5.74, 6) is 3.15. The molecule has 0 heterocycles. The molecule has 8 heteroatoms. The van der Waals surface area contributed by atoms with Crippen molar-refractivity contribution in [3.63, 3.8) is 0 Å². The fourth-order valence-corrected chi connectivity index (χ4v) is 2.98. The third kappa shape index (κ3) is 4.88. The van der Waals surface area contributed by atoms with Gasteiger partial charge in [0, 0.05) is 31.3 Å². The van der Waals surface area contributed by atoms with Crippen LogP contribution in [0.5, 0.6) is 0 Å². The van der Waals surface area contributed by atoms with Gasteiger partial charge in [0.25, 0.3) is 5.91 Å². The minimum absolute atomic E-state index is 0.140. The summed E-state index contributed by atoms with van der Waals surface area (Å²) in [6.45, 7) is -0.252. The van der Waals surface area contributed by atoms with Crippen molar-refractivity contribution in [1.82, 2.24) is 9.62 Å². The van der Waals surface area contributed by atoms with Crippen LogP contribution < -0.4 is 4.72 Å². The van der Waals surface area contributed by atoms with Gasteiger partial charge in [0.15, 0.2) is 0 Å². The van der Waals surface area contributed by atoms with Crippen LogP contribution in [0.4, 0.5) is 8.78 Å². The number of sulfonamides is 1. The molecule has 0 unspecified atom stereocenters. The van der Waals surface area contributed by atoms with Crippen LogP contribution in [-0.4, -0.2) is 39.9 Å². The molecule has 0 radical (unpaired) electrons.